The molecule has 2 aromatic rings. The number of hydrogen-bond donors (Lipinski definition) is 1. The van der Waals surface area contributed by atoms with Crippen molar-refractivity contribution in [1.82, 2.24) is 0 Å². The monoisotopic (exact) mass is 211 g/mol. The van der Waals surface area contributed by atoms with Crippen LogP contribution in [0.2, 0.25) is 0 Å². The van der Waals surface area contributed by atoms with Crippen LogP contribution in [0.1, 0.15) is 16.7 Å². The number of rotatable bonds is 1. The van der Waals surface area contributed by atoms with Crippen molar-refractivity contribution in [2.24, 2.45) is 0 Å². The molecule has 0 aliphatic rings. The van der Waals surface area contributed by atoms with Gasteiger partial charge in [-0.1, -0.05) is 35.4 Å². The van der Waals surface area contributed by atoms with E-state index in [4.69, 9.17) is 5.73 Å². The molecular weight excluding hydrogens is 194 g/mol. The average Bonchev–Trinajstić information content (AvgIpc) is 2.20. The van der Waals surface area contributed by atoms with Gasteiger partial charge >= 0.3 is 0 Å². The fourth-order valence-electron chi connectivity index (χ4n) is 2.08. The van der Waals surface area contributed by atoms with Crippen molar-refractivity contribution in [3.05, 3.63) is 53.1 Å². The van der Waals surface area contributed by atoms with Gasteiger partial charge in [0.15, 0.2) is 0 Å². The van der Waals surface area contributed by atoms with E-state index < -0.39 is 0 Å². The predicted octanol–water partition coefficient (Wildman–Crippen LogP) is 3.86. The van der Waals surface area contributed by atoms with Crippen molar-refractivity contribution in [3.8, 4) is 11.1 Å². The molecule has 0 saturated carbocycles. The lowest BCUT2D eigenvalue weighted by Gasteiger charge is -2.09. The lowest BCUT2D eigenvalue weighted by Crippen LogP contribution is -1.90. The molecule has 82 valence electrons. The third kappa shape index (κ3) is 2.08. The summed E-state index contributed by atoms with van der Waals surface area (Å²) in [7, 11) is 0. The van der Waals surface area contributed by atoms with Crippen molar-refractivity contribution in [3.63, 3.8) is 0 Å². The number of hydrogen-bond acceptors (Lipinski definition) is 1. The molecule has 0 aliphatic carbocycles. The van der Waals surface area contributed by atoms with E-state index in [0.717, 1.165) is 5.69 Å². The van der Waals surface area contributed by atoms with E-state index in [9.17, 15) is 0 Å². The van der Waals surface area contributed by atoms with Crippen LogP contribution >= 0.6 is 0 Å². The Kier molecular flexibility index (Phi) is 2.69. The molecular formula is C15H17N. The first-order valence-electron chi connectivity index (χ1n) is 5.51. The first kappa shape index (κ1) is 10.7. The first-order valence-corrected chi connectivity index (χ1v) is 5.51. The van der Waals surface area contributed by atoms with Gasteiger partial charge in [0, 0.05) is 5.69 Å². The zero-order chi connectivity index (χ0) is 11.7. The molecule has 0 saturated heterocycles. The quantitative estimate of drug-likeness (QED) is 0.712. The number of aryl methyl sites for hydroxylation is 3. The second-order valence-corrected chi connectivity index (χ2v) is 4.45. The highest BCUT2D eigenvalue weighted by molar-refractivity contribution is 5.71. The lowest BCUT2D eigenvalue weighted by molar-refractivity contribution is 1.37. The minimum atomic E-state index is 0.819. The summed E-state index contributed by atoms with van der Waals surface area (Å²) in [5.74, 6) is 0. The van der Waals surface area contributed by atoms with Gasteiger partial charge in [-0.05, 0) is 49.6 Å². The topological polar surface area (TPSA) is 26.0 Å². The fourth-order valence-corrected chi connectivity index (χ4v) is 2.08. The van der Waals surface area contributed by atoms with Gasteiger partial charge in [0.1, 0.15) is 0 Å². The van der Waals surface area contributed by atoms with Gasteiger partial charge in [0.2, 0.25) is 0 Å². The number of anilines is 1. The van der Waals surface area contributed by atoms with E-state index in [1.165, 1.54) is 27.8 Å². The normalized spacial score (nSPS) is 10.4. The number of nitrogen functional groups attached to an aromatic ring is 1. The summed E-state index contributed by atoms with van der Waals surface area (Å²) in [5, 5.41) is 0. The van der Waals surface area contributed by atoms with Crippen molar-refractivity contribution in [2.75, 3.05) is 5.73 Å². The second kappa shape index (κ2) is 4.01. The van der Waals surface area contributed by atoms with Crippen LogP contribution in [0.3, 0.4) is 0 Å². The molecule has 2 rings (SSSR count). The Labute approximate surface area is 96.9 Å². The standard InChI is InChI=1S/C15H17N/c1-10-6-11(2)8-13(7-10)15-9-14(16)5-4-12(15)3/h4-9H,16H2,1-3H3. The van der Waals surface area contributed by atoms with Crippen LogP contribution in [0.5, 0.6) is 0 Å². The molecule has 0 heterocycles. The molecule has 0 spiro atoms. The van der Waals surface area contributed by atoms with Crippen molar-refractivity contribution in [1.29, 1.82) is 0 Å². The van der Waals surface area contributed by atoms with E-state index >= 15 is 0 Å². The van der Waals surface area contributed by atoms with Gasteiger partial charge in [-0.15, -0.1) is 0 Å². The highest BCUT2D eigenvalue weighted by atomic mass is 14.5. The van der Waals surface area contributed by atoms with Crippen LogP contribution in [0, 0.1) is 20.8 Å². The molecule has 2 aromatic carbocycles. The molecule has 0 unspecified atom stereocenters. The largest absolute Gasteiger partial charge is 0.399 e. The second-order valence-electron chi connectivity index (χ2n) is 4.45. The molecule has 0 radical (unpaired) electrons. The number of nitrogens with two attached hydrogens (primary N) is 1. The van der Waals surface area contributed by atoms with Crippen molar-refractivity contribution in [2.45, 2.75) is 20.8 Å². The van der Waals surface area contributed by atoms with Gasteiger partial charge in [0.25, 0.3) is 0 Å². The molecule has 16 heavy (non-hydrogen) atoms. The molecule has 0 aromatic heterocycles. The van der Waals surface area contributed by atoms with Gasteiger partial charge in [-0.3, -0.25) is 0 Å². The van der Waals surface area contributed by atoms with Gasteiger partial charge in [-0.25, -0.2) is 0 Å². The summed E-state index contributed by atoms with van der Waals surface area (Å²) in [6, 6.07) is 12.7. The van der Waals surface area contributed by atoms with Crippen LogP contribution in [0.25, 0.3) is 11.1 Å². The molecule has 0 atom stereocenters. The Bertz CT molecular complexity index is 507. The van der Waals surface area contributed by atoms with Gasteiger partial charge < -0.3 is 5.73 Å². The summed E-state index contributed by atoms with van der Waals surface area (Å²) >= 11 is 0. The van der Waals surface area contributed by atoms with Crippen LogP contribution in [0.15, 0.2) is 36.4 Å². The minimum Gasteiger partial charge on any atom is -0.399 e. The Balaban J connectivity index is 2.62. The SMILES string of the molecule is Cc1cc(C)cc(-c2cc(N)ccc2C)c1. The zero-order valence-corrected chi connectivity index (χ0v) is 10.0. The minimum absolute atomic E-state index is 0.819. The molecule has 0 amide bonds. The lowest BCUT2D eigenvalue weighted by atomic mass is 9.97. The Hall–Kier alpha value is -1.76. The maximum Gasteiger partial charge on any atom is 0.0320 e. The van der Waals surface area contributed by atoms with E-state index in [1.807, 2.05) is 12.1 Å². The van der Waals surface area contributed by atoms with E-state index in [1.54, 1.807) is 0 Å². The van der Waals surface area contributed by atoms with Crippen LogP contribution in [-0.2, 0) is 0 Å². The highest BCUT2D eigenvalue weighted by Gasteiger charge is 2.03. The third-order valence-corrected chi connectivity index (χ3v) is 2.79. The third-order valence-electron chi connectivity index (χ3n) is 2.79. The Morgan fingerprint density at radius 1 is 0.812 bits per heavy atom. The van der Waals surface area contributed by atoms with Gasteiger partial charge in [0.05, 0.1) is 0 Å². The van der Waals surface area contributed by atoms with Crippen molar-refractivity contribution >= 4 is 5.69 Å². The highest BCUT2D eigenvalue weighted by Crippen LogP contribution is 2.27. The molecule has 0 aliphatic heterocycles. The van der Waals surface area contributed by atoms with E-state index in [2.05, 4.69) is 45.0 Å². The smallest absolute Gasteiger partial charge is 0.0320 e. The molecule has 2 N–H and O–H groups in total. The first-order chi connectivity index (χ1) is 7.56. The summed E-state index contributed by atoms with van der Waals surface area (Å²) in [6.45, 7) is 6.36. The molecule has 1 nitrogen and oxygen atoms in total. The zero-order valence-electron chi connectivity index (χ0n) is 10.0. The maximum absolute atomic E-state index is 5.84. The summed E-state index contributed by atoms with van der Waals surface area (Å²) in [5.41, 5.74) is 13.0. The predicted molar refractivity (Wildman–Crippen MR) is 70.5 cm³/mol. The molecule has 1 heteroatoms. The maximum atomic E-state index is 5.84. The molecule has 0 bridgehead atoms. The average molecular weight is 211 g/mol. The summed E-state index contributed by atoms with van der Waals surface area (Å²) in [4.78, 5) is 0. The van der Waals surface area contributed by atoms with Crippen LogP contribution < -0.4 is 5.73 Å². The van der Waals surface area contributed by atoms with E-state index in [0.29, 0.717) is 0 Å². The Morgan fingerprint density at radius 2 is 1.44 bits per heavy atom. The van der Waals surface area contributed by atoms with E-state index in [-0.39, 0.29) is 0 Å². The fraction of sp³-hybridized carbons (Fsp3) is 0.200. The van der Waals surface area contributed by atoms with Crippen molar-refractivity contribution < 1.29 is 0 Å². The number of benzene rings is 2. The van der Waals surface area contributed by atoms with Crippen LogP contribution in [-0.4, -0.2) is 0 Å². The summed E-state index contributed by atoms with van der Waals surface area (Å²) < 4.78 is 0. The Morgan fingerprint density at radius 3 is 2.06 bits per heavy atom. The van der Waals surface area contributed by atoms with Crippen LogP contribution in [0.4, 0.5) is 5.69 Å². The summed E-state index contributed by atoms with van der Waals surface area (Å²) in [6.07, 6.45) is 0. The molecule has 0 fully saturated rings. The van der Waals surface area contributed by atoms with Gasteiger partial charge in [-0.2, -0.15) is 0 Å².